The molecular formula is C25H17BrCl3NO4. The van der Waals surface area contributed by atoms with Crippen LogP contribution in [0, 0.1) is 0 Å². The molecule has 34 heavy (non-hydrogen) atoms. The number of nitrogens with zero attached hydrogens (tertiary/aromatic N) is 1. The minimum absolute atomic E-state index is 0.112. The van der Waals surface area contributed by atoms with Crippen molar-refractivity contribution < 1.29 is 19.0 Å². The predicted octanol–water partition coefficient (Wildman–Crippen LogP) is 7.73. The van der Waals surface area contributed by atoms with Crippen LogP contribution in [0.25, 0.3) is 6.08 Å². The molecule has 0 saturated carbocycles. The number of ether oxygens (including phenoxy) is 3. The molecule has 0 bridgehead atoms. The summed E-state index contributed by atoms with van der Waals surface area (Å²) in [7, 11) is 0. The van der Waals surface area contributed by atoms with Crippen LogP contribution in [-0.4, -0.2) is 18.5 Å². The molecular weight excluding hydrogens is 565 g/mol. The largest absolute Gasteiger partial charge is 0.490 e. The van der Waals surface area contributed by atoms with Crippen LogP contribution in [0.15, 0.2) is 69.8 Å². The highest BCUT2D eigenvalue weighted by atomic mass is 79.9. The van der Waals surface area contributed by atoms with Gasteiger partial charge in [0, 0.05) is 15.6 Å². The lowest BCUT2D eigenvalue weighted by Gasteiger charge is -2.15. The van der Waals surface area contributed by atoms with Gasteiger partial charge in [0.2, 0.25) is 5.90 Å². The second-order valence-electron chi connectivity index (χ2n) is 7.11. The molecule has 1 aliphatic heterocycles. The van der Waals surface area contributed by atoms with Gasteiger partial charge in [-0.3, -0.25) is 0 Å². The Morgan fingerprint density at radius 1 is 1.00 bits per heavy atom. The molecule has 0 aromatic heterocycles. The van der Waals surface area contributed by atoms with Gasteiger partial charge in [-0.25, -0.2) is 9.79 Å². The SMILES string of the molecule is CCOc1cc(/C=C2\N=C(c3ccc(Cl)c(Cl)c3)OC2=O)cc(Cl)c1OCc1ccccc1Br. The smallest absolute Gasteiger partial charge is 0.363 e. The first-order valence-electron chi connectivity index (χ1n) is 10.2. The van der Waals surface area contributed by atoms with Gasteiger partial charge in [0.25, 0.3) is 0 Å². The summed E-state index contributed by atoms with van der Waals surface area (Å²) >= 11 is 22.1. The topological polar surface area (TPSA) is 57.1 Å². The zero-order valence-corrected chi connectivity index (χ0v) is 21.6. The van der Waals surface area contributed by atoms with Crippen molar-refractivity contribution in [3.8, 4) is 11.5 Å². The van der Waals surface area contributed by atoms with E-state index in [-0.39, 0.29) is 11.6 Å². The standard InChI is InChI=1S/C25H17BrCl3NO4/c1-2-32-22-11-14(9-20(29)23(22)33-13-16-5-3-4-6-17(16)26)10-21-25(31)34-24(30-21)15-7-8-18(27)19(28)12-15/h3-12H,2,13H2,1H3/b21-10-. The summed E-state index contributed by atoms with van der Waals surface area (Å²) in [5.41, 5.74) is 2.22. The highest BCUT2D eigenvalue weighted by molar-refractivity contribution is 9.10. The van der Waals surface area contributed by atoms with Crippen LogP contribution in [0.3, 0.4) is 0 Å². The minimum atomic E-state index is -0.593. The normalized spacial score (nSPS) is 14.2. The van der Waals surface area contributed by atoms with Crippen LogP contribution in [0.4, 0.5) is 0 Å². The van der Waals surface area contributed by atoms with Crippen molar-refractivity contribution in [2.75, 3.05) is 6.61 Å². The van der Waals surface area contributed by atoms with Crippen LogP contribution >= 0.6 is 50.7 Å². The Hall–Kier alpha value is -2.51. The first-order chi connectivity index (χ1) is 16.4. The number of hydrogen-bond acceptors (Lipinski definition) is 5. The van der Waals surface area contributed by atoms with E-state index in [4.69, 9.17) is 49.0 Å². The van der Waals surface area contributed by atoms with Gasteiger partial charge in [0.1, 0.15) is 6.61 Å². The van der Waals surface area contributed by atoms with Gasteiger partial charge in [-0.15, -0.1) is 0 Å². The average molecular weight is 582 g/mol. The highest BCUT2D eigenvalue weighted by Crippen LogP contribution is 2.38. The van der Waals surface area contributed by atoms with E-state index in [0.717, 1.165) is 10.0 Å². The summed E-state index contributed by atoms with van der Waals surface area (Å²) in [6.07, 6.45) is 1.57. The molecule has 0 radical (unpaired) electrons. The first kappa shape index (κ1) is 24.6. The van der Waals surface area contributed by atoms with Crippen molar-refractivity contribution in [2.24, 2.45) is 4.99 Å². The summed E-state index contributed by atoms with van der Waals surface area (Å²) < 4.78 is 18.0. The molecule has 1 heterocycles. The summed E-state index contributed by atoms with van der Waals surface area (Å²) in [4.78, 5) is 16.7. The predicted molar refractivity (Wildman–Crippen MR) is 138 cm³/mol. The molecule has 0 spiro atoms. The van der Waals surface area contributed by atoms with Gasteiger partial charge < -0.3 is 14.2 Å². The third-order valence-electron chi connectivity index (χ3n) is 4.75. The maximum absolute atomic E-state index is 12.4. The lowest BCUT2D eigenvalue weighted by molar-refractivity contribution is -0.129. The van der Waals surface area contributed by atoms with E-state index in [1.54, 1.807) is 36.4 Å². The van der Waals surface area contributed by atoms with Crippen molar-refractivity contribution in [3.63, 3.8) is 0 Å². The summed E-state index contributed by atoms with van der Waals surface area (Å²) in [5, 5.41) is 1.07. The Morgan fingerprint density at radius 3 is 2.53 bits per heavy atom. The van der Waals surface area contributed by atoms with E-state index in [2.05, 4.69) is 20.9 Å². The van der Waals surface area contributed by atoms with E-state index in [9.17, 15) is 4.79 Å². The van der Waals surface area contributed by atoms with Gasteiger partial charge in [0.05, 0.1) is 21.7 Å². The molecule has 5 nitrogen and oxygen atoms in total. The summed E-state index contributed by atoms with van der Waals surface area (Å²) in [6.45, 7) is 2.56. The number of cyclic esters (lactones) is 1. The number of halogens is 4. The average Bonchev–Trinajstić information content (AvgIpc) is 3.16. The van der Waals surface area contributed by atoms with E-state index in [1.165, 1.54) is 0 Å². The maximum atomic E-state index is 12.4. The fourth-order valence-electron chi connectivity index (χ4n) is 3.16. The van der Waals surface area contributed by atoms with Crippen LogP contribution in [0.2, 0.25) is 15.1 Å². The molecule has 3 aromatic rings. The number of esters is 1. The van der Waals surface area contributed by atoms with E-state index in [0.29, 0.717) is 50.9 Å². The molecule has 0 atom stereocenters. The van der Waals surface area contributed by atoms with Gasteiger partial charge in [-0.2, -0.15) is 0 Å². The zero-order chi connectivity index (χ0) is 24.2. The molecule has 1 aliphatic rings. The quantitative estimate of drug-likeness (QED) is 0.212. The molecule has 0 N–H and O–H groups in total. The maximum Gasteiger partial charge on any atom is 0.363 e. The number of rotatable bonds is 7. The molecule has 0 amide bonds. The molecule has 0 fully saturated rings. The Bertz CT molecular complexity index is 1320. The molecule has 9 heteroatoms. The Morgan fingerprint density at radius 2 is 1.79 bits per heavy atom. The zero-order valence-electron chi connectivity index (χ0n) is 17.8. The Labute approximate surface area is 220 Å². The van der Waals surface area contributed by atoms with Crippen LogP contribution in [0.1, 0.15) is 23.6 Å². The van der Waals surface area contributed by atoms with Gasteiger partial charge in [-0.05, 0) is 55.0 Å². The number of carbonyl (C=O) groups excluding carboxylic acids is 1. The van der Waals surface area contributed by atoms with Gasteiger partial charge >= 0.3 is 5.97 Å². The second kappa shape index (κ2) is 10.8. The van der Waals surface area contributed by atoms with Gasteiger partial charge in [-0.1, -0.05) is 68.9 Å². The fraction of sp³-hybridized carbons (Fsp3) is 0.120. The lowest BCUT2D eigenvalue weighted by atomic mass is 10.1. The van der Waals surface area contributed by atoms with E-state index < -0.39 is 5.97 Å². The van der Waals surface area contributed by atoms with E-state index >= 15 is 0 Å². The number of aliphatic imine (C=N–C) groups is 1. The third-order valence-corrected chi connectivity index (χ3v) is 6.55. The Balaban J connectivity index is 1.62. The third kappa shape index (κ3) is 5.58. The van der Waals surface area contributed by atoms with Crippen molar-refractivity contribution in [1.29, 1.82) is 0 Å². The number of carbonyl (C=O) groups is 1. The van der Waals surface area contributed by atoms with Crippen molar-refractivity contribution in [1.82, 2.24) is 0 Å². The van der Waals surface area contributed by atoms with Crippen molar-refractivity contribution in [3.05, 3.63) is 96.5 Å². The molecule has 174 valence electrons. The van der Waals surface area contributed by atoms with Crippen molar-refractivity contribution in [2.45, 2.75) is 13.5 Å². The van der Waals surface area contributed by atoms with Gasteiger partial charge in [0.15, 0.2) is 17.2 Å². The summed E-state index contributed by atoms with van der Waals surface area (Å²) in [5.74, 6) is 0.410. The molecule has 0 saturated heterocycles. The van der Waals surface area contributed by atoms with Crippen molar-refractivity contribution >= 4 is 68.7 Å². The molecule has 4 rings (SSSR count). The first-order valence-corrected chi connectivity index (χ1v) is 12.1. The highest BCUT2D eigenvalue weighted by Gasteiger charge is 2.25. The monoisotopic (exact) mass is 579 g/mol. The summed E-state index contributed by atoms with van der Waals surface area (Å²) in [6, 6.07) is 16.0. The molecule has 0 aliphatic carbocycles. The lowest BCUT2D eigenvalue weighted by Crippen LogP contribution is -2.05. The van der Waals surface area contributed by atoms with Crippen LogP contribution in [-0.2, 0) is 16.1 Å². The number of hydrogen-bond donors (Lipinski definition) is 0. The Kier molecular flexibility index (Phi) is 7.84. The molecule has 0 unspecified atom stereocenters. The van der Waals surface area contributed by atoms with Crippen LogP contribution in [0.5, 0.6) is 11.5 Å². The fourth-order valence-corrected chi connectivity index (χ4v) is 4.13. The molecule has 3 aromatic carbocycles. The number of benzene rings is 3. The second-order valence-corrected chi connectivity index (χ2v) is 9.18. The van der Waals surface area contributed by atoms with Crippen LogP contribution < -0.4 is 9.47 Å². The minimum Gasteiger partial charge on any atom is -0.490 e. The van der Waals surface area contributed by atoms with E-state index in [1.807, 2.05) is 31.2 Å².